The lowest BCUT2D eigenvalue weighted by Gasteiger charge is -2.17. The first-order valence-electron chi connectivity index (χ1n) is 6.61. The van der Waals surface area contributed by atoms with Crippen LogP contribution in [0, 0.1) is 0 Å². The smallest absolute Gasteiger partial charge is 0.0980 e. The molecule has 1 atom stereocenters. The molecule has 2 aromatic rings. The maximum absolute atomic E-state index is 5.77. The lowest BCUT2D eigenvalue weighted by molar-refractivity contribution is 0.0119. The Kier molecular flexibility index (Phi) is 4.71. The molecule has 0 aliphatic rings. The van der Waals surface area contributed by atoms with E-state index in [4.69, 9.17) is 10.5 Å². The fourth-order valence-electron chi connectivity index (χ4n) is 2.00. The SMILES string of the molecule is CC(C)OC(CN)c1cnn(Cc2ccccc2)c1. The molecule has 0 aliphatic carbocycles. The standard InChI is InChI=1S/C15H21N3O/c1-12(2)19-15(8-16)14-9-17-18(11-14)10-13-6-4-3-5-7-13/h3-7,9,11-12,15H,8,10,16H2,1-2H3. The van der Waals surface area contributed by atoms with Gasteiger partial charge in [-0.1, -0.05) is 30.3 Å². The number of nitrogens with zero attached hydrogens (tertiary/aromatic N) is 2. The monoisotopic (exact) mass is 259 g/mol. The van der Waals surface area contributed by atoms with Crippen LogP contribution in [-0.4, -0.2) is 22.4 Å². The number of rotatable bonds is 6. The minimum atomic E-state index is -0.0791. The van der Waals surface area contributed by atoms with E-state index in [-0.39, 0.29) is 12.2 Å². The summed E-state index contributed by atoms with van der Waals surface area (Å²) in [5.74, 6) is 0. The van der Waals surface area contributed by atoms with Crippen LogP contribution in [0.15, 0.2) is 42.7 Å². The summed E-state index contributed by atoms with van der Waals surface area (Å²) in [6.07, 6.45) is 3.92. The zero-order chi connectivity index (χ0) is 13.7. The molecule has 4 nitrogen and oxygen atoms in total. The van der Waals surface area contributed by atoms with E-state index in [9.17, 15) is 0 Å². The van der Waals surface area contributed by atoms with Gasteiger partial charge < -0.3 is 10.5 Å². The van der Waals surface area contributed by atoms with Gasteiger partial charge in [0.1, 0.15) is 0 Å². The molecular formula is C15H21N3O. The van der Waals surface area contributed by atoms with Crippen molar-refractivity contribution < 1.29 is 4.74 Å². The van der Waals surface area contributed by atoms with Crippen molar-refractivity contribution in [3.63, 3.8) is 0 Å². The van der Waals surface area contributed by atoms with Crippen molar-refractivity contribution in [3.8, 4) is 0 Å². The Morgan fingerprint density at radius 2 is 2.00 bits per heavy atom. The molecule has 0 aliphatic heterocycles. The van der Waals surface area contributed by atoms with E-state index in [1.165, 1.54) is 5.56 Å². The van der Waals surface area contributed by atoms with E-state index >= 15 is 0 Å². The average molecular weight is 259 g/mol. The molecule has 0 saturated heterocycles. The number of aromatic nitrogens is 2. The van der Waals surface area contributed by atoms with Crippen LogP contribution in [0.2, 0.25) is 0 Å². The molecule has 102 valence electrons. The van der Waals surface area contributed by atoms with Crippen LogP contribution in [0.4, 0.5) is 0 Å². The lowest BCUT2D eigenvalue weighted by atomic mass is 10.2. The van der Waals surface area contributed by atoms with E-state index in [2.05, 4.69) is 17.2 Å². The molecule has 1 heterocycles. The number of ether oxygens (including phenoxy) is 1. The van der Waals surface area contributed by atoms with Gasteiger partial charge in [0, 0.05) is 18.3 Å². The summed E-state index contributed by atoms with van der Waals surface area (Å²) >= 11 is 0. The molecule has 2 rings (SSSR count). The second-order valence-electron chi connectivity index (χ2n) is 4.87. The summed E-state index contributed by atoms with van der Waals surface area (Å²) < 4.78 is 7.68. The van der Waals surface area contributed by atoms with Crippen molar-refractivity contribution in [1.29, 1.82) is 0 Å². The van der Waals surface area contributed by atoms with E-state index in [1.807, 2.05) is 49.1 Å². The maximum Gasteiger partial charge on any atom is 0.0980 e. The summed E-state index contributed by atoms with van der Waals surface area (Å²) in [6, 6.07) is 10.3. The van der Waals surface area contributed by atoms with Gasteiger partial charge in [-0.15, -0.1) is 0 Å². The zero-order valence-corrected chi connectivity index (χ0v) is 11.5. The Morgan fingerprint density at radius 3 is 2.63 bits per heavy atom. The molecule has 0 amide bonds. The van der Waals surface area contributed by atoms with Crippen LogP contribution in [0.5, 0.6) is 0 Å². The minimum absolute atomic E-state index is 0.0791. The van der Waals surface area contributed by atoms with Crippen LogP contribution < -0.4 is 5.73 Å². The van der Waals surface area contributed by atoms with Crippen molar-refractivity contribution >= 4 is 0 Å². The third kappa shape index (κ3) is 3.91. The van der Waals surface area contributed by atoms with Gasteiger partial charge in [0.2, 0.25) is 0 Å². The molecule has 0 spiro atoms. The Hall–Kier alpha value is -1.65. The molecule has 1 unspecified atom stereocenters. The van der Waals surface area contributed by atoms with Gasteiger partial charge >= 0.3 is 0 Å². The van der Waals surface area contributed by atoms with Crippen molar-refractivity contribution in [2.75, 3.05) is 6.54 Å². The Balaban J connectivity index is 2.06. The minimum Gasteiger partial charge on any atom is -0.369 e. The first kappa shape index (κ1) is 13.8. The van der Waals surface area contributed by atoms with Gasteiger partial charge in [0.25, 0.3) is 0 Å². The lowest BCUT2D eigenvalue weighted by Crippen LogP contribution is -2.18. The van der Waals surface area contributed by atoms with Gasteiger partial charge in [-0.3, -0.25) is 4.68 Å². The summed E-state index contributed by atoms with van der Waals surface area (Å²) in [6.45, 7) is 5.25. The number of hydrogen-bond donors (Lipinski definition) is 1. The molecule has 0 bridgehead atoms. The summed E-state index contributed by atoms with van der Waals surface area (Å²) in [7, 11) is 0. The van der Waals surface area contributed by atoms with Crippen LogP contribution >= 0.6 is 0 Å². The third-order valence-corrected chi connectivity index (χ3v) is 2.86. The number of hydrogen-bond acceptors (Lipinski definition) is 3. The molecule has 4 heteroatoms. The summed E-state index contributed by atoms with van der Waals surface area (Å²) in [5, 5.41) is 4.37. The second-order valence-corrected chi connectivity index (χ2v) is 4.87. The quantitative estimate of drug-likeness (QED) is 0.866. The first-order valence-corrected chi connectivity index (χ1v) is 6.61. The summed E-state index contributed by atoms with van der Waals surface area (Å²) in [5.41, 5.74) is 8.02. The largest absolute Gasteiger partial charge is 0.369 e. The van der Waals surface area contributed by atoms with Crippen molar-refractivity contribution in [3.05, 3.63) is 53.9 Å². The molecule has 2 N–H and O–H groups in total. The first-order chi connectivity index (χ1) is 9.19. The van der Waals surface area contributed by atoms with E-state index < -0.39 is 0 Å². The third-order valence-electron chi connectivity index (χ3n) is 2.86. The average Bonchev–Trinajstić information content (AvgIpc) is 2.85. The second kappa shape index (κ2) is 6.50. The van der Waals surface area contributed by atoms with Gasteiger partial charge in [-0.25, -0.2) is 0 Å². The number of benzene rings is 1. The van der Waals surface area contributed by atoms with Gasteiger partial charge in [0.15, 0.2) is 0 Å². The van der Waals surface area contributed by atoms with E-state index in [1.54, 1.807) is 0 Å². The van der Waals surface area contributed by atoms with Crippen molar-refractivity contribution in [2.24, 2.45) is 5.73 Å². The van der Waals surface area contributed by atoms with Crippen LogP contribution in [-0.2, 0) is 11.3 Å². The highest BCUT2D eigenvalue weighted by Gasteiger charge is 2.14. The van der Waals surface area contributed by atoms with Gasteiger partial charge in [0.05, 0.1) is 24.9 Å². The predicted molar refractivity (Wildman–Crippen MR) is 75.8 cm³/mol. The maximum atomic E-state index is 5.77. The van der Waals surface area contributed by atoms with Crippen LogP contribution in [0.1, 0.15) is 31.1 Å². The topological polar surface area (TPSA) is 53.1 Å². The molecule has 19 heavy (non-hydrogen) atoms. The molecule has 0 radical (unpaired) electrons. The molecule has 1 aromatic heterocycles. The molecule has 1 aromatic carbocycles. The highest BCUT2D eigenvalue weighted by atomic mass is 16.5. The predicted octanol–water partition coefficient (Wildman–Crippen LogP) is 2.36. The van der Waals surface area contributed by atoms with Gasteiger partial charge in [-0.2, -0.15) is 5.10 Å². The van der Waals surface area contributed by atoms with E-state index in [0.717, 1.165) is 12.1 Å². The molecular weight excluding hydrogens is 238 g/mol. The fraction of sp³-hybridized carbons (Fsp3) is 0.400. The zero-order valence-electron chi connectivity index (χ0n) is 11.5. The number of nitrogens with two attached hydrogens (primary N) is 1. The van der Waals surface area contributed by atoms with Gasteiger partial charge in [-0.05, 0) is 19.4 Å². The molecule has 0 saturated carbocycles. The van der Waals surface area contributed by atoms with Crippen molar-refractivity contribution in [2.45, 2.75) is 32.6 Å². The Morgan fingerprint density at radius 1 is 1.26 bits per heavy atom. The normalized spacial score (nSPS) is 12.8. The highest BCUT2D eigenvalue weighted by Crippen LogP contribution is 2.17. The van der Waals surface area contributed by atoms with Crippen molar-refractivity contribution in [1.82, 2.24) is 9.78 Å². The van der Waals surface area contributed by atoms with Crippen LogP contribution in [0.25, 0.3) is 0 Å². The van der Waals surface area contributed by atoms with Crippen LogP contribution in [0.3, 0.4) is 0 Å². The summed E-state index contributed by atoms with van der Waals surface area (Å²) in [4.78, 5) is 0. The highest BCUT2D eigenvalue weighted by molar-refractivity contribution is 5.16. The Labute approximate surface area is 114 Å². The fourth-order valence-corrected chi connectivity index (χ4v) is 2.00. The molecule has 0 fully saturated rings. The Bertz CT molecular complexity index is 493. The van der Waals surface area contributed by atoms with E-state index in [0.29, 0.717) is 6.54 Å².